The van der Waals surface area contributed by atoms with Gasteiger partial charge in [-0.25, -0.2) is 4.98 Å². The summed E-state index contributed by atoms with van der Waals surface area (Å²) in [6.45, 7) is 9.69. The molecule has 0 aromatic carbocycles. The molecule has 0 aliphatic carbocycles. The predicted octanol–water partition coefficient (Wildman–Crippen LogP) is 3.06. The highest BCUT2D eigenvalue weighted by Crippen LogP contribution is 2.27. The van der Waals surface area contributed by atoms with Crippen LogP contribution in [0, 0.1) is 12.8 Å². The Kier molecular flexibility index (Phi) is 5.42. The minimum atomic E-state index is 0.330. The second kappa shape index (κ2) is 6.60. The quantitative estimate of drug-likeness (QED) is 0.796. The molecule has 0 aliphatic heterocycles. The minimum absolute atomic E-state index is 0.330. The largest absolute Gasteiger partial charge is 0.383 e. The molecule has 0 spiro atoms. The van der Waals surface area contributed by atoms with Gasteiger partial charge < -0.3 is 11.1 Å². The number of nitrogens with two attached hydrogens (primary N) is 1. The van der Waals surface area contributed by atoms with Crippen LogP contribution >= 0.6 is 0 Å². The van der Waals surface area contributed by atoms with E-state index in [-0.39, 0.29) is 0 Å². The third kappa shape index (κ3) is 4.00. The van der Waals surface area contributed by atoms with E-state index in [1.165, 1.54) is 17.5 Å². The van der Waals surface area contributed by atoms with E-state index in [1.807, 2.05) is 6.07 Å². The average molecular weight is 235 g/mol. The van der Waals surface area contributed by atoms with Gasteiger partial charge in [-0.15, -0.1) is 0 Å². The standard InChI is InChI=1S/C14H25N3/c1-5-16-12(7-6-10(2)3)13-11(4)8-9-17-14(13)15/h8-10,12,16H,5-7H2,1-4H3,(H2,15,17). The summed E-state index contributed by atoms with van der Waals surface area (Å²) in [6.07, 6.45) is 4.09. The van der Waals surface area contributed by atoms with E-state index >= 15 is 0 Å². The predicted molar refractivity (Wildman–Crippen MR) is 73.9 cm³/mol. The number of anilines is 1. The molecule has 0 bridgehead atoms. The topological polar surface area (TPSA) is 50.9 Å². The molecule has 1 unspecified atom stereocenters. The van der Waals surface area contributed by atoms with Crippen LogP contribution in [0.5, 0.6) is 0 Å². The number of hydrogen-bond acceptors (Lipinski definition) is 3. The molecule has 1 heterocycles. The van der Waals surface area contributed by atoms with Gasteiger partial charge >= 0.3 is 0 Å². The van der Waals surface area contributed by atoms with E-state index in [4.69, 9.17) is 5.73 Å². The Morgan fingerprint density at radius 2 is 2.06 bits per heavy atom. The van der Waals surface area contributed by atoms with Crippen molar-refractivity contribution >= 4 is 5.82 Å². The molecule has 1 atom stereocenters. The Bertz CT molecular complexity index is 327. The molecule has 17 heavy (non-hydrogen) atoms. The van der Waals surface area contributed by atoms with E-state index < -0.39 is 0 Å². The van der Waals surface area contributed by atoms with Crippen molar-refractivity contribution < 1.29 is 0 Å². The number of nitrogen functional groups attached to an aromatic ring is 1. The fourth-order valence-corrected chi connectivity index (χ4v) is 2.14. The molecule has 0 radical (unpaired) electrons. The van der Waals surface area contributed by atoms with Gasteiger partial charge in [-0.1, -0.05) is 20.8 Å². The van der Waals surface area contributed by atoms with E-state index in [2.05, 4.69) is 38.0 Å². The van der Waals surface area contributed by atoms with Crippen molar-refractivity contribution in [3.8, 4) is 0 Å². The Morgan fingerprint density at radius 1 is 1.35 bits per heavy atom. The van der Waals surface area contributed by atoms with Gasteiger partial charge in [-0.05, 0) is 43.9 Å². The molecule has 0 saturated carbocycles. The normalized spacial score (nSPS) is 13.0. The molecule has 3 N–H and O–H groups in total. The lowest BCUT2D eigenvalue weighted by molar-refractivity contribution is 0.447. The summed E-state index contributed by atoms with van der Waals surface area (Å²) in [5, 5.41) is 3.52. The molecule has 96 valence electrons. The van der Waals surface area contributed by atoms with Crippen LogP contribution in [0.25, 0.3) is 0 Å². The summed E-state index contributed by atoms with van der Waals surface area (Å²) < 4.78 is 0. The highest BCUT2D eigenvalue weighted by atomic mass is 14.9. The van der Waals surface area contributed by atoms with Crippen molar-refractivity contribution in [1.82, 2.24) is 10.3 Å². The molecule has 3 nitrogen and oxygen atoms in total. The highest BCUT2D eigenvalue weighted by Gasteiger charge is 2.16. The Hall–Kier alpha value is -1.09. The molecule has 1 rings (SSSR count). The summed E-state index contributed by atoms with van der Waals surface area (Å²) >= 11 is 0. The first-order valence-electron chi connectivity index (χ1n) is 6.50. The molecule has 3 heteroatoms. The Balaban J connectivity index is 2.88. The van der Waals surface area contributed by atoms with Gasteiger partial charge in [0.05, 0.1) is 0 Å². The summed E-state index contributed by atoms with van der Waals surface area (Å²) in [7, 11) is 0. The van der Waals surface area contributed by atoms with E-state index in [9.17, 15) is 0 Å². The van der Waals surface area contributed by atoms with Gasteiger partial charge in [-0.2, -0.15) is 0 Å². The molecular weight excluding hydrogens is 210 g/mol. The average Bonchev–Trinajstić information content (AvgIpc) is 2.25. The van der Waals surface area contributed by atoms with Gasteiger partial charge in [0.1, 0.15) is 5.82 Å². The number of hydrogen-bond donors (Lipinski definition) is 2. The van der Waals surface area contributed by atoms with Crippen LogP contribution in [0.4, 0.5) is 5.82 Å². The zero-order valence-corrected chi connectivity index (χ0v) is 11.5. The monoisotopic (exact) mass is 235 g/mol. The van der Waals surface area contributed by atoms with Crippen LogP contribution in [0.2, 0.25) is 0 Å². The zero-order chi connectivity index (χ0) is 12.8. The maximum atomic E-state index is 6.01. The third-order valence-electron chi connectivity index (χ3n) is 3.07. The third-order valence-corrected chi connectivity index (χ3v) is 3.07. The van der Waals surface area contributed by atoms with Gasteiger partial charge in [0, 0.05) is 17.8 Å². The molecule has 0 saturated heterocycles. The maximum absolute atomic E-state index is 6.01. The zero-order valence-electron chi connectivity index (χ0n) is 11.5. The molecule has 0 amide bonds. The van der Waals surface area contributed by atoms with Crippen molar-refractivity contribution in [3.63, 3.8) is 0 Å². The fraction of sp³-hybridized carbons (Fsp3) is 0.643. The number of nitrogens with zero attached hydrogens (tertiary/aromatic N) is 1. The number of pyridine rings is 1. The molecular formula is C14H25N3. The summed E-state index contributed by atoms with van der Waals surface area (Å²) in [5.74, 6) is 1.38. The fourth-order valence-electron chi connectivity index (χ4n) is 2.14. The summed E-state index contributed by atoms with van der Waals surface area (Å²) in [5.41, 5.74) is 8.41. The first-order valence-corrected chi connectivity index (χ1v) is 6.50. The summed E-state index contributed by atoms with van der Waals surface area (Å²) in [4.78, 5) is 4.21. The van der Waals surface area contributed by atoms with Crippen molar-refractivity contribution in [3.05, 3.63) is 23.4 Å². The molecule has 1 aromatic rings. The molecule has 0 fully saturated rings. The second-order valence-electron chi connectivity index (χ2n) is 5.01. The Labute approximate surface area is 105 Å². The van der Waals surface area contributed by atoms with Crippen molar-refractivity contribution in [2.45, 2.75) is 46.6 Å². The van der Waals surface area contributed by atoms with Crippen LogP contribution < -0.4 is 11.1 Å². The maximum Gasteiger partial charge on any atom is 0.128 e. The van der Waals surface area contributed by atoms with Crippen LogP contribution in [-0.4, -0.2) is 11.5 Å². The SMILES string of the molecule is CCNC(CCC(C)C)c1c(C)ccnc1N. The lowest BCUT2D eigenvalue weighted by atomic mass is 9.95. The van der Waals surface area contributed by atoms with Crippen molar-refractivity contribution in [2.75, 3.05) is 12.3 Å². The van der Waals surface area contributed by atoms with Gasteiger partial charge in [0.2, 0.25) is 0 Å². The second-order valence-corrected chi connectivity index (χ2v) is 5.01. The van der Waals surface area contributed by atoms with E-state index in [1.54, 1.807) is 6.20 Å². The summed E-state index contributed by atoms with van der Waals surface area (Å²) in [6, 6.07) is 2.36. The number of nitrogens with one attached hydrogen (secondary N) is 1. The lowest BCUT2D eigenvalue weighted by Crippen LogP contribution is -2.23. The Morgan fingerprint density at radius 3 is 2.59 bits per heavy atom. The van der Waals surface area contributed by atoms with Crippen LogP contribution in [0.15, 0.2) is 12.3 Å². The number of rotatable bonds is 6. The molecule has 0 aliphatic rings. The number of aryl methyl sites for hydroxylation is 1. The van der Waals surface area contributed by atoms with Crippen LogP contribution in [0.3, 0.4) is 0 Å². The van der Waals surface area contributed by atoms with Gasteiger partial charge in [0.15, 0.2) is 0 Å². The first-order chi connectivity index (χ1) is 8.06. The van der Waals surface area contributed by atoms with Gasteiger partial charge in [0.25, 0.3) is 0 Å². The van der Waals surface area contributed by atoms with Crippen LogP contribution in [0.1, 0.15) is 50.8 Å². The lowest BCUT2D eigenvalue weighted by Gasteiger charge is -2.22. The van der Waals surface area contributed by atoms with Gasteiger partial charge in [-0.3, -0.25) is 0 Å². The molecule has 1 aromatic heterocycles. The van der Waals surface area contributed by atoms with Crippen molar-refractivity contribution in [1.29, 1.82) is 0 Å². The number of aromatic nitrogens is 1. The van der Waals surface area contributed by atoms with E-state index in [0.717, 1.165) is 13.0 Å². The highest BCUT2D eigenvalue weighted by molar-refractivity contribution is 5.46. The van der Waals surface area contributed by atoms with E-state index in [0.29, 0.717) is 17.8 Å². The smallest absolute Gasteiger partial charge is 0.128 e. The minimum Gasteiger partial charge on any atom is -0.383 e. The van der Waals surface area contributed by atoms with Crippen molar-refractivity contribution in [2.24, 2.45) is 5.92 Å². The first kappa shape index (κ1) is 14.0. The van der Waals surface area contributed by atoms with Crippen LogP contribution in [-0.2, 0) is 0 Å².